The maximum absolute atomic E-state index is 4.92. The minimum atomic E-state index is 0.659. The maximum atomic E-state index is 4.92. The minimum Gasteiger partial charge on any atom is -0.312 e. The van der Waals surface area contributed by atoms with Crippen LogP contribution in [0.3, 0.4) is 0 Å². The summed E-state index contributed by atoms with van der Waals surface area (Å²) in [6.45, 7) is 1.99. The quantitative estimate of drug-likeness (QED) is 0.565. The van der Waals surface area contributed by atoms with Crippen LogP contribution in [-0.2, 0) is 26.4 Å². The molecule has 2 aromatic carbocycles. The van der Waals surface area contributed by atoms with Crippen LogP contribution in [0.5, 0.6) is 0 Å². The van der Waals surface area contributed by atoms with E-state index in [1.165, 1.54) is 40.5 Å². The van der Waals surface area contributed by atoms with Gasteiger partial charge in [0, 0.05) is 31.0 Å². The van der Waals surface area contributed by atoms with E-state index in [1.54, 1.807) is 0 Å². The molecule has 1 fully saturated rings. The van der Waals surface area contributed by atoms with Gasteiger partial charge in [-0.1, -0.05) is 18.2 Å². The van der Waals surface area contributed by atoms with E-state index >= 15 is 0 Å². The van der Waals surface area contributed by atoms with Crippen LogP contribution in [0.2, 0.25) is 0 Å². The zero-order valence-electron chi connectivity index (χ0n) is 16.6. The van der Waals surface area contributed by atoms with E-state index in [-0.39, 0.29) is 0 Å². The number of aromatic amines is 1. The summed E-state index contributed by atoms with van der Waals surface area (Å²) in [7, 11) is 2.00. The van der Waals surface area contributed by atoms with Gasteiger partial charge in [0.25, 0.3) is 0 Å². The molecule has 2 N–H and O–H groups in total. The lowest BCUT2D eigenvalue weighted by Crippen LogP contribution is -2.23. The summed E-state index contributed by atoms with van der Waals surface area (Å²) in [6.07, 6.45) is 6.39. The minimum absolute atomic E-state index is 0.659. The second-order valence-corrected chi connectivity index (χ2v) is 8.31. The summed E-state index contributed by atoms with van der Waals surface area (Å²) >= 11 is 0. The van der Waals surface area contributed by atoms with Gasteiger partial charge in [0.15, 0.2) is 5.82 Å². The molecule has 0 spiro atoms. The van der Waals surface area contributed by atoms with Crippen LogP contribution in [-0.4, -0.2) is 31.5 Å². The topological polar surface area (TPSA) is 71.4 Å². The van der Waals surface area contributed by atoms with Gasteiger partial charge in [-0.05, 0) is 66.1 Å². The van der Waals surface area contributed by atoms with Crippen LogP contribution in [0.25, 0.3) is 22.3 Å². The second-order valence-electron chi connectivity index (χ2n) is 8.31. The molecule has 0 radical (unpaired) electrons. The monoisotopic (exact) mass is 384 g/mol. The fourth-order valence-corrected chi connectivity index (χ4v) is 4.58. The molecular weight excluding hydrogens is 360 g/mol. The zero-order chi connectivity index (χ0) is 19.4. The molecule has 29 heavy (non-hydrogen) atoms. The van der Waals surface area contributed by atoms with Crippen molar-refractivity contribution in [2.75, 3.05) is 6.54 Å². The highest BCUT2D eigenvalue weighted by Gasteiger charge is 2.29. The Balaban J connectivity index is 1.36. The molecule has 6 rings (SSSR count). The number of hydrogen-bond donors (Lipinski definition) is 2. The average Bonchev–Trinajstić information content (AvgIpc) is 3.35. The van der Waals surface area contributed by atoms with Crippen LogP contribution in [0.4, 0.5) is 0 Å². The molecule has 1 saturated carbocycles. The summed E-state index contributed by atoms with van der Waals surface area (Å²) in [6, 6.07) is 11.0. The molecule has 0 amide bonds. The number of aromatic nitrogens is 5. The van der Waals surface area contributed by atoms with E-state index in [4.69, 9.17) is 10.1 Å². The predicted octanol–water partition coefficient (Wildman–Crippen LogP) is 3.47. The Bertz CT molecular complexity index is 1210. The molecule has 0 bridgehead atoms. The highest BCUT2D eigenvalue weighted by atomic mass is 15.3. The Morgan fingerprint density at radius 1 is 1.14 bits per heavy atom. The summed E-state index contributed by atoms with van der Waals surface area (Å²) < 4.78 is 1.93. The van der Waals surface area contributed by atoms with E-state index in [0.29, 0.717) is 5.92 Å². The van der Waals surface area contributed by atoms with E-state index in [9.17, 15) is 0 Å². The third kappa shape index (κ3) is 2.95. The SMILES string of the molecule is Cn1nc(-c2ccc3c(c2)CNCC3)nc1Cc1ccc2[nH]ncc2c1C1CC1. The van der Waals surface area contributed by atoms with Gasteiger partial charge < -0.3 is 5.32 Å². The van der Waals surface area contributed by atoms with Crippen LogP contribution in [0, 0.1) is 0 Å². The molecule has 2 aliphatic rings. The number of fused-ring (bicyclic) bond motifs is 2. The van der Waals surface area contributed by atoms with Crippen molar-refractivity contribution in [1.82, 2.24) is 30.3 Å². The molecule has 2 aromatic heterocycles. The fraction of sp³-hybridized carbons (Fsp3) is 0.348. The Labute approximate surface area is 169 Å². The largest absolute Gasteiger partial charge is 0.312 e. The van der Waals surface area contributed by atoms with Crippen molar-refractivity contribution in [2.24, 2.45) is 7.05 Å². The number of nitrogens with one attached hydrogen (secondary N) is 2. The van der Waals surface area contributed by atoms with Gasteiger partial charge in [-0.15, -0.1) is 0 Å². The summed E-state index contributed by atoms with van der Waals surface area (Å²) in [4.78, 5) is 4.92. The lowest BCUT2D eigenvalue weighted by atomic mass is 9.96. The first-order valence-corrected chi connectivity index (χ1v) is 10.4. The number of H-pyrrole nitrogens is 1. The molecule has 6 heteroatoms. The van der Waals surface area contributed by atoms with E-state index in [2.05, 4.69) is 45.8 Å². The molecule has 4 aromatic rings. The van der Waals surface area contributed by atoms with E-state index in [1.807, 2.05) is 17.9 Å². The summed E-state index contributed by atoms with van der Waals surface area (Å²) in [5.74, 6) is 2.47. The number of nitrogens with zero attached hydrogens (tertiary/aromatic N) is 4. The zero-order valence-corrected chi connectivity index (χ0v) is 16.6. The van der Waals surface area contributed by atoms with Crippen molar-refractivity contribution < 1.29 is 0 Å². The molecule has 6 nitrogen and oxygen atoms in total. The highest BCUT2D eigenvalue weighted by molar-refractivity contribution is 5.84. The molecule has 3 heterocycles. The Kier molecular flexibility index (Phi) is 3.81. The van der Waals surface area contributed by atoms with Crippen molar-refractivity contribution in [1.29, 1.82) is 0 Å². The third-order valence-corrected chi connectivity index (χ3v) is 6.29. The average molecular weight is 384 g/mol. The van der Waals surface area contributed by atoms with Gasteiger partial charge in [-0.3, -0.25) is 9.78 Å². The number of benzene rings is 2. The van der Waals surface area contributed by atoms with Crippen molar-refractivity contribution in [3.63, 3.8) is 0 Å². The van der Waals surface area contributed by atoms with E-state index < -0.39 is 0 Å². The first kappa shape index (κ1) is 16.9. The maximum Gasteiger partial charge on any atom is 0.181 e. The molecule has 0 saturated heterocycles. The first-order valence-electron chi connectivity index (χ1n) is 10.4. The van der Waals surface area contributed by atoms with Gasteiger partial charge in [-0.2, -0.15) is 10.2 Å². The van der Waals surface area contributed by atoms with Crippen LogP contribution >= 0.6 is 0 Å². The molecule has 146 valence electrons. The fourth-order valence-electron chi connectivity index (χ4n) is 4.58. The lowest BCUT2D eigenvalue weighted by Gasteiger charge is -2.17. The third-order valence-electron chi connectivity index (χ3n) is 6.29. The van der Waals surface area contributed by atoms with Crippen molar-refractivity contribution in [3.8, 4) is 11.4 Å². The predicted molar refractivity (Wildman–Crippen MR) is 113 cm³/mol. The van der Waals surface area contributed by atoms with Gasteiger partial charge in [0.2, 0.25) is 0 Å². The Morgan fingerprint density at radius 2 is 2.07 bits per heavy atom. The summed E-state index contributed by atoms with van der Waals surface area (Å²) in [5, 5.41) is 16.8. The van der Waals surface area contributed by atoms with Gasteiger partial charge >= 0.3 is 0 Å². The van der Waals surface area contributed by atoms with Crippen LogP contribution in [0.1, 0.15) is 46.8 Å². The number of aryl methyl sites for hydroxylation is 1. The highest BCUT2D eigenvalue weighted by Crippen LogP contribution is 2.45. The van der Waals surface area contributed by atoms with Gasteiger partial charge in [0.05, 0.1) is 11.7 Å². The van der Waals surface area contributed by atoms with Gasteiger partial charge in [-0.25, -0.2) is 4.98 Å². The first-order chi connectivity index (χ1) is 14.3. The van der Waals surface area contributed by atoms with E-state index in [0.717, 1.165) is 48.7 Å². The Hall–Kier alpha value is -2.99. The lowest BCUT2D eigenvalue weighted by molar-refractivity contribution is 0.644. The molecule has 0 atom stereocenters. The number of hydrogen-bond acceptors (Lipinski definition) is 4. The van der Waals surface area contributed by atoms with Crippen molar-refractivity contribution >= 4 is 10.9 Å². The second kappa shape index (κ2) is 6.52. The summed E-state index contributed by atoms with van der Waals surface area (Å²) in [5.41, 5.74) is 7.81. The van der Waals surface area contributed by atoms with Crippen LogP contribution < -0.4 is 5.32 Å². The molecule has 1 aliphatic heterocycles. The number of rotatable bonds is 4. The normalized spacial score (nSPS) is 16.3. The molecular formula is C23H24N6. The Morgan fingerprint density at radius 3 is 2.97 bits per heavy atom. The molecule has 1 aliphatic carbocycles. The van der Waals surface area contributed by atoms with Crippen molar-refractivity contribution in [3.05, 3.63) is 64.6 Å². The molecule has 0 unspecified atom stereocenters. The van der Waals surface area contributed by atoms with Crippen LogP contribution in [0.15, 0.2) is 36.5 Å². The smallest absolute Gasteiger partial charge is 0.181 e. The van der Waals surface area contributed by atoms with Crippen molar-refractivity contribution in [2.45, 2.75) is 38.1 Å². The van der Waals surface area contributed by atoms with Gasteiger partial charge in [0.1, 0.15) is 5.82 Å². The standard InChI is InChI=1S/C23H24N6/c1-29-21(11-16-6-7-20-19(13-25-27-20)22(16)15-3-4-15)26-23(28-29)17-5-2-14-8-9-24-12-18(14)10-17/h2,5-7,10,13,15,24H,3-4,8-9,11-12H2,1H3,(H,25,27).